The Morgan fingerprint density at radius 1 is 1.06 bits per heavy atom. The molecular weight excluding hydrogens is 251 g/mol. The van der Waals surface area contributed by atoms with Crippen molar-refractivity contribution in [1.82, 2.24) is 0 Å². The maximum absolute atomic E-state index is 13.6. The Morgan fingerprint density at radius 2 is 1.72 bits per heavy atom. The van der Waals surface area contributed by atoms with Gasteiger partial charge in [0.25, 0.3) is 0 Å². The van der Waals surface area contributed by atoms with Crippen LogP contribution in [0, 0.1) is 19.7 Å². The molecule has 92 valence electrons. The average molecular weight is 263 g/mol. The topological polar surface area (TPSA) is 17.1 Å². The van der Waals surface area contributed by atoms with Crippen molar-refractivity contribution in [2.24, 2.45) is 0 Å². The maximum Gasteiger partial charge on any atom is 0.196 e. The lowest BCUT2D eigenvalue weighted by Gasteiger charge is -2.08. The highest BCUT2D eigenvalue weighted by Gasteiger charge is 2.16. The lowest BCUT2D eigenvalue weighted by atomic mass is 9.97. The lowest BCUT2D eigenvalue weighted by molar-refractivity contribution is 0.103. The molecule has 0 saturated heterocycles. The Morgan fingerprint density at radius 3 is 2.39 bits per heavy atom. The standard InChI is InChI=1S/C15H12ClFO/c1-9-8-13(16)10(2)7-12(9)15(18)11-5-3-4-6-14(11)17/h3-8H,1-2H3. The van der Waals surface area contributed by atoms with Gasteiger partial charge in [-0.15, -0.1) is 0 Å². The quantitative estimate of drug-likeness (QED) is 0.737. The highest BCUT2D eigenvalue weighted by atomic mass is 35.5. The SMILES string of the molecule is Cc1cc(C(=O)c2ccccc2F)c(C)cc1Cl. The van der Waals surface area contributed by atoms with Gasteiger partial charge in [-0.2, -0.15) is 0 Å². The number of halogens is 2. The summed E-state index contributed by atoms with van der Waals surface area (Å²) in [5, 5.41) is 0.609. The van der Waals surface area contributed by atoms with Crippen LogP contribution >= 0.6 is 11.6 Å². The molecule has 0 heterocycles. The molecule has 0 aliphatic carbocycles. The third-order valence-corrected chi connectivity index (χ3v) is 3.28. The third kappa shape index (κ3) is 2.29. The second-order valence-corrected chi connectivity index (χ2v) is 4.63. The smallest absolute Gasteiger partial charge is 0.196 e. The Bertz CT molecular complexity index is 620. The first-order valence-corrected chi connectivity index (χ1v) is 5.94. The van der Waals surface area contributed by atoms with Crippen LogP contribution in [0.25, 0.3) is 0 Å². The van der Waals surface area contributed by atoms with Crippen LogP contribution in [0.5, 0.6) is 0 Å². The van der Waals surface area contributed by atoms with Crippen LogP contribution in [0.4, 0.5) is 4.39 Å². The van der Waals surface area contributed by atoms with E-state index in [1.807, 2.05) is 6.92 Å². The van der Waals surface area contributed by atoms with Crippen LogP contribution in [0.15, 0.2) is 36.4 Å². The summed E-state index contributed by atoms with van der Waals surface area (Å²) >= 11 is 5.98. The van der Waals surface area contributed by atoms with E-state index in [1.165, 1.54) is 12.1 Å². The van der Waals surface area contributed by atoms with Crippen molar-refractivity contribution in [3.05, 3.63) is 69.5 Å². The zero-order valence-electron chi connectivity index (χ0n) is 10.1. The van der Waals surface area contributed by atoms with Gasteiger partial charge in [0.15, 0.2) is 5.78 Å². The number of aryl methyl sites for hydroxylation is 2. The van der Waals surface area contributed by atoms with E-state index in [4.69, 9.17) is 11.6 Å². The van der Waals surface area contributed by atoms with Crippen molar-refractivity contribution in [2.75, 3.05) is 0 Å². The van der Waals surface area contributed by atoms with Gasteiger partial charge in [0, 0.05) is 10.6 Å². The van der Waals surface area contributed by atoms with Crippen LogP contribution < -0.4 is 0 Å². The number of rotatable bonds is 2. The second kappa shape index (κ2) is 4.91. The molecule has 2 aromatic carbocycles. The van der Waals surface area contributed by atoms with Crippen molar-refractivity contribution < 1.29 is 9.18 Å². The summed E-state index contributed by atoms with van der Waals surface area (Å²) in [6.07, 6.45) is 0. The second-order valence-electron chi connectivity index (χ2n) is 4.23. The first-order valence-electron chi connectivity index (χ1n) is 5.56. The number of carbonyl (C=O) groups is 1. The molecule has 0 aliphatic heterocycles. The van der Waals surface area contributed by atoms with Crippen molar-refractivity contribution >= 4 is 17.4 Å². The highest BCUT2D eigenvalue weighted by molar-refractivity contribution is 6.31. The Kier molecular flexibility index (Phi) is 3.48. The summed E-state index contributed by atoms with van der Waals surface area (Å²) in [4.78, 5) is 12.3. The fourth-order valence-corrected chi connectivity index (χ4v) is 2.03. The number of carbonyl (C=O) groups excluding carboxylic acids is 1. The van der Waals surface area contributed by atoms with E-state index in [1.54, 1.807) is 31.2 Å². The van der Waals surface area contributed by atoms with Crippen LogP contribution in [-0.4, -0.2) is 5.78 Å². The molecular formula is C15H12ClFO. The predicted molar refractivity (Wildman–Crippen MR) is 70.8 cm³/mol. The fourth-order valence-electron chi connectivity index (χ4n) is 1.82. The van der Waals surface area contributed by atoms with E-state index in [9.17, 15) is 9.18 Å². The molecule has 0 aliphatic rings. The van der Waals surface area contributed by atoms with Crippen LogP contribution in [-0.2, 0) is 0 Å². The summed E-state index contributed by atoms with van der Waals surface area (Å²) in [6.45, 7) is 3.61. The molecule has 2 rings (SSSR count). The molecule has 0 spiro atoms. The van der Waals surface area contributed by atoms with E-state index in [0.717, 1.165) is 11.1 Å². The van der Waals surface area contributed by atoms with E-state index in [-0.39, 0.29) is 11.3 Å². The number of hydrogen-bond acceptors (Lipinski definition) is 1. The minimum Gasteiger partial charge on any atom is -0.288 e. The zero-order chi connectivity index (χ0) is 13.3. The van der Waals surface area contributed by atoms with Crippen LogP contribution in [0.2, 0.25) is 5.02 Å². The average Bonchev–Trinajstić information content (AvgIpc) is 2.33. The highest BCUT2D eigenvalue weighted by Crippen LogP contribution is 2.23. The molecule has 0 bridgehead atoms. The van der Waals surface area contributed by atoms with Gasteiger partial charge < -0.3 is 0 Å². The summed E-state index contributed by atoms with van der Waals surface area (Å²) in [5.41, 5.74) is 2.13. The molecule has 18 heavy (non-hydrogen) atoms. The van der Waals surface area contributed by atoms with E-state index in [2.05, 4.69) is 0 Å². The molecule has 0 fully saturated rings. The molecule has 0 atom stereocenters. The van der Waals surface area contributed by atoms with Crippen molar-refractivity contribution in [2.45, 2.75) is 13.8 Å². The Hall–Kier alpha value is -1.67. The predicted octanol–water partition coefficient (Wildman–Crippen LogP) is 4.33. The lowest BCUT2D eigenvalue weighted by Crippen LogP contribution is -2.06. The minimum atomic E-state index is -0.505. The molecule has 3 heteroatoms. The molecule has 0 radical (unpaired) electrons. The largest absolute Gasteiger partial charge is 0.288 e. The minimum absolute atomic E-state index is 0.0855. The van der Waals surface area contributed by atoms with Crippen LogP contribution in [0.3, 0.4) is 0 Å². The van der Waals surface area contributed by atoms with Gasteiger partial charge in [0.2, 0.25) is 0 Å². The number of hydrogen-bond donors (Lipinski definition) is 0. The molecule has 0 N–H and O–H groups in total. The van der Waals surface area contributed by atoms with Gasteiger partial charge in [0.05, 0.1) is 5.56 Å². The monoisotopic (exact) mass is 262 g/mol. The van der Waals surface area contributed by atoms with Crippen molar-refractivity contribution in [3.63, 3.8) is 0 Å². The van der Waals surface area contributed by atoms with Crippen molar-refractivity contribution in [1.29, 1.82) is 0 Å². The summed E-state index contributed by atoms with van der Waals surface area (Å²) < 4.78 is 13.6. The van der Waals surface area contributed by atoms with E-state index >= 15 is 0 Å². The number of ketones is 1. The van der Waals surface area contributed by atoms with Gasteiger partial charge in [0.1, 0.15) is 5.82 Å². The van der Waals surface area contributed by atoms with Gasteiger partial charge >= 0.3 is 0 Å². The fraction of sp³-hybridized carbons (Fsp3) is 0.133. The molecule has 0 saturated carbocycles. The molecule has 0 amide bonds. The summed E-state index contributed by atoms with van der Waals surface area (Å²) in [6, 6.07) is 9.41. The van der Waals surface area contributed by atoms with Gasteiger partial charge in [-0.3, -0.25) is 4.79 Å². The normalized spacial score (nSPS) is 10.4. The molecule has 2 aromatic rings. The first-order chi connectivity index (χ1) is 8.50. The first kappa shape index (κ1) is 12.8. The summed E-state index contributed by atoms with van der Waals surface area (Å²) in [7, 11) is 0. The zero-order valence-corrected chi connectivity index (χ0v) is 10.9. The maximum atomic E-state index is 13.6. The molecule has 0 unspecified atom stereocenters. The number of benzene rings is 2. The molecule has 0 aromatic heterocycles. The van der Waals surface area contributed by atoms with Gasteiger partial charge in [-0.05, 0) is 49.2 Å². The Balaban J connectivity index is 2.53. The van der Waals surface area contributed by atoms with Crippen LogP contribution in [0.1, 0.15) is 27.0 Å². The third-order valence-electron chi connectivity index (χ3n) is 2.87. The van der Waals surface area contributed by atoms with Crippen molar-refractivity contribution in [3.8, 4) is 0 Å². The molecule has 1 nitrogen and oxygen atoms in total. The Labute approximate surface area is 110 Å². The summed E-state index contributed by atoms with van der Waals surface area (Å²) in [5.74, 6) is -0.820. The van der Waals surface area contributed by atoms with E-state index < -0.39 is 5.82 Å². The van der Waals surface area contributed by atoms with Gasteiger partial charge in [-0.1, -0.05) is 23.7 Å². The van der Waals surface area contributed by atoms with Gasteiger partial charge in [-0.25, -0.2) is 4.39 Å². The van der Waals surface area contributed by atoms with E-state index in [0.29, 0.717) is 10.6 Å².